The fraction of sp³-hybridized carbons (Fsp3) is 0.818. The van der Waals surface area contributed by atoms with Crippen LogP contribution < -0.4 is 5.32 Å². The summed E-state index contributed by atoms with van der Waals surface area (Å²) in [6.07, 6.45) is 2.87. The summed E-state index contributed by atoms with van der Waals surface area (Å²) in [6.45, 7) is 8.17. The standard InChI is InChI=1S/C11H21NO2/c1-9(13)11(2,3)12-7-10-5-4-6-14-8-10/h5,9,12-13H,4,6-8H2,1-3H3. The Bertz CT molecular complexity index is 209. The van der Waals surface area contributed by atoms with Gasteiger partial charge in [-0.1, -0.05) is 6.08 Å². The molecule has 0 saturated heterocycles. The number of hydrogen-bond acceptors (Lipinski definition) is 3. The number of aliphatic hydroxyl groups is 1. The summed E-state index contributed by atoms with van der Waals surface area (Å²) in [5.74, 6) is 0. The van der Waals surface area contributed by atoms with Crippen LogP contribution >= 0.6 is 0 Å². The molecule has 0 radical (unpaired) electrons. The van der Waals surface area contributed by atoms with Crippen LogP contribution in [-0.2, 0) is 4.74 Å². The van der Waals surface area contributed by atoms with Crippen molar-refractivity contribution in [2.75, 3.05) is 19.8 Å². The molecule has 0 aliphatic carbocycles. The van der Waals surface area contributed by atoms with Crippen LogP contribution in [0.4, 0.5) is 0 Å². The van der Waals surface area contributed by atoms with Gasteiger partial charge in [-0.15, -0.1) is 0 Å². The van der Waals surface area contributed by atoms with E-state index in [-0.39, 0.29) is 11.6 Å². The van der Waals surface area contributed by atoms with Crippen molar-refractivity contribution in [2.45, 2.75) is 38.8 Å². The van der Waals surface area contributed by atoms with Crippen molar-refractivity contribution in [3.63, 3.8) is 0 Å². The first-order valence-corrected chi connectivity index (χ1v) is 5.21. The molecule has 14 heavy (non-hydrogen) atoms. The van der Waals surface area contributed by atoms with Gasteiger partial charge in [0.2, 0.25) is 0 Å². The molecule has 1 rings (SSSR count). The van der Waals surface area contributed by atoms with Crippen molar-refractivity contribution < 1.29 is 9.84 Å². The highest BCUT2D eigenvalue weighted by atomic mass is 16.5. The van der Waals surface area contributed by atoms with E-state index in [2.05, 4.69) is 11.4 Å². The van der Waals surface area contributed by atoms with E-state index in [0.717, 1.165) is 26.2 Å². The van der Waals surface area contributed by atoms with Gasteiger partial charge < -0.3 is 15.2 Å². The van der Waals surface area contributed by atoms with Gasteiger partial charge >= 0.3 is 0 Å². The van der Waals surface area contributed by atoms with Gasteiger partial charge in [-0.05, 0) is 32.8 Å². The summed E-state index contributed by atoms with van der Waals surface area (Å²) < 4.78 is 5.34. The third-order valence-electron chi connectivity index (χ3n) is 2.80. The van der Waals surface area contributed by atoms with Crippen molar-refractivity contribution >= 4 is 0 Å². The van der Waals surface area contributed by atoms with Gasteiger partial charge in [-0.3, -0.25) is 0 Å². The van der Waals surface area contributed by atoms with E-state index in [9.17, 15) is 5.11 Å². The Labute approximate surface area is 86.2 Å². The monoisotopic (exact) mass is 199 g/mol. The molecular weight excluding hydrogens is 178 g/mol. The first kappa shape index (κ1) is 11.7. The number of ether oxygens (including phenoxy) is 1. The minimum Gasteiger partial charge on any atom is -0.392 e. The van der Waals surface area contributed by atoms with Gasteiger partial charge in [0.05, 0.1) is 19.3 Å². The Morgan fingerprint density at radius 2 is 2.36 bits per heavy atom. The van der Waals surface area contributed by atoms with Crippen LogP contribution in [0.2, 0.25) is 0 Å². The summed E-state index contributed by atoms with van der Waals surface area (Å²) in [5, 5.41) is 12.8. The summed E-state index contributed by atoms with van der Waals surface area (Å²) in [5.41, 5.74) is 1.04. The van der Waals surface area contributed by atoms with Gasteiger partial charge in [0.1, 0.15) is 0 Å². The molecule has 1 aliphatic rings. The van der Waals surface area contributed by atoms with Crippen LogP contribution in [0.5, 0.6) is 0 Å². The molecule has 0 bridgehead atoms. The van der Waals surface area contributed by atoms with Gasteiger partial charge in [0.25, 0.3) is 0 Å². The van der Waals surface area contributed by atoms with Crippen molar-refractivity contribution in [3.05, 3.63) is 11.6 Å². The molecule has 0 saturated carbocycles. The molecule has 1 atom stereocenters. The predicted molar refractivity (Wildman–Crippen MR) is 57.3 cm³/mol. The van der Waals surface area contributed by atoms with Crippen molar-refractivity contribution in [1.82, 2.24) is 5.32 Å². The number of rotatable bonds is 4. The second-order valence-electron chi connectivity index (χ2n) is 4.45. The highest BCUT2D eigenvalue weighted by Crippen LogP contribution is 2.10. The number of aliphatic hydroxyl groups excluding tert-OH is 1. The summed E-state index contributed by atoms with van der Waals surface area (Å²) >= 11 is 0. The Hall–Kier alpha value is -0.380. The van der Waals surface area contributed by atoms with E-state index in [0.29, 0.717) is 0 Å². The molecule has 1 heterocycles. The fourth-order valence-electron chi connectivity index (χ4n) is 1.22. The molecule has 0 spiro atoms. The quantitative estimate of drug-likeness (QED) is 0.666. The number of nitrogens with one attached hydrogen (secondary N) is 1. The Balaban J connectivity index is 2.35. The lowest BCUT2D eigenvalue weighted by atomic mass is 9.98. The van der Waals surface area contributed by atoms with E-state index >= 15 is 0 Å². The molecule has 0 amide bonds. The third kappa shape index (κ3) is 3.40. The summed E-state index contributed by atoms with van der Waals surface area (Å²) in [6, 6.07) is 0. The van der Waals surface area contributed by atoms with E-state index in [1.54, 1.807) is 6.92 Å². The van der Waals surface area contributed by atoms with Gasteiger partial charge in [0.15, 0.2) is 0 Å². The highest BCUT2D eigenvalue weighted by Gasteiger charge is 2.23. The van der Waals surface area contributed by atoms with Crippen molar-refractivity contribution in [1.29, 1.82) is 0 Å². The average Bonchev–Trinajstić information content (AvgIpc) is 2.16. The maximum atomic E-state index is 9.50. The normalized spacial score (nSPS) is 20.4. The number of hydrogen-bond donors (Lipinski definition) is 2. The lowest BCUT2D eigenvalue weighted by Crippen LogP contribution is -2.49. The van der Waals surface area contributed by atoms with E-state index in [4.69, 9.17) is 4.74 Å². The van der Waals surface area contributed by atoms with Crippen LogP contribution in [0, 0.1) is 0 Å². The molecule has 0 aromatic rings. The zero-order valence-corrected chi connectivity index (χ0v) is 9.34. The molecule has 82 valence electrons. The third-order valence-corrected chi connectivity index (χ3v) is 2.80. The SMILES string of the molecule is CC(O)C(C)(C)NCC1=CCCOC1. The van der Waals surface area contributed by atoms with Crippen LogP contribution in [-0.4, -0.2) is 36.5 Å². The van der Waals surface area contributed by atoms with Crippen molar-refractivity contribution in [2.24, 2.45) is 0 Å². The zero-order chi connectivity index (χ0) is 10.6. The smallest absolute Gasteiger partial charge is 0.0689 e. The van der Waals surface area contributed by atoms with Crippen LogP contribution in [0.15, 0.2) is 11.6 Å². The molecule has 1 unspecified atom stereocenters. The van der Waals surface area contributed by atoms with Gasteiger partial charge in [-0.25, -0.2) is 0 Å². The molecule has 0 fully saturated rings. The molecule has 3 heteroatoms. The molecule has 1 aliphatic heterocycles. The van der Waals surface area contributed by atoms with Gasteiger partial charge in [-0.2, -0.15) is 0 Å². The topological polar surface area (TPSA) is 41.5 Å². The molecule has 0 aromatic carbocycles. The highest BCUT2D eigenvalue weighted by molar-refractivity contribution is 5.08. The lowest BCUT2D eigenvalue weighted by molar-refractivity contribution is 0.0960. The second kappa shape index (κ2) is 4.91. The van der Waals surface area contributed by atoms with Gasteiger partial charge in [0, 0.05) is 12.1 Å². The molecule has 0 aromatic heterocycles. The van der Waals surface area contributed by atoms with E-state index < -0.39 is 0 Å². The molecule has 3 nitrogen and oxygen atoms in total. The molecular formula is C11H21NO2. The van der Waals surface area contributed by atoms with Crippen LogP contribution in [0.25, 0.3) is 0 Å². The predicted octanol–water partition coefficient (Wildman–Crippen LogP) is 1.08. The first-order chi connectivity index (χ1) is 6.52. The maximum Gasteiger partial charge on any atom is 0.0689 e. The average molecular weight is 199 g/mol. The van der Waals surface area contributed by atoms with E-state index in [1.807, 2.05) is 13.8 Å². The molecule has 2 N–H and O–H groups in total. The maximum absolute atomic E-state index is 9.50. The lowest BCUT2D eigenvalue weighted by Gasteiger charge is -2.30. The van der Waals surface area contributed by atoms with Crippen LogP contribution in [0.1, 0.15) is 27.2 Å². The van der Waals surface area contributed by atoms with Crippen LogP contribution in [0.3, 0.4) is 0 Å². The fourth-order valence-corrected chi connectivity index (χ4v) is 1.22. The summed E-state index contributed by atoms with van der Waals surface area (Å²) in [4.78, 5) is 0. The minimum absolute atomic E-state index is 0.238. The Morgan fingerprint density at radius 3 is 2.86 bits per heavy atom. The Morgan fingerprint density at radius 1 is 1.64 bits per heavy atom. The second-order valence-corrected chi connectivity index (χ2v) is 4.45. The largest absolute Gasteiger partial charge is 0.392 e. The summed E-state index contributed by atoms with van der Waals surface area (Å²) in [7, 11) is 0. The zero-order valence-electron chi connectivity index (χ0n) is 9.34. The first-order valence-electron chi connectivity index (χ1n) is 5.21. The Kier molecular flexibility index (Phi) is 4.11. The minimum atomic E-state index is -0.354. The van der Waals surface area contributed by atoms with Crippen molar-refractivity contribution in [3.8, 4) is 0 Å². The van der Waals surface area contributed by atoms with E-state index in [1.165, 1.54) is 5.57 Å².